The number of esters is 1. The summed E-state index contributed by atoms with van der Waals surface area (Å²) in [5.74, 6) is -0.542. The molecule has 1 aliphatic rings. The molecule has 4 rings (SSSR count). The Morgan fingerprint density at radius 2 is 1.94 bits per heavy atom. The van der Waals surface area contributed by atoms with Crippen molar-refractivity contribution in [1.82, 2.24) is 4.31 Å². The number of methoxy groups -OCH3 is 1. The molecule has 35 heavy (non-hydrogen) atoms. The number of hydrogen-bond donors (Lipinski definition) is 0. The number of nitrogens with zero attached hydrogens (tertiary/aromatic N) is 1. The average molecular weight is 500 g/mol. The molecule has 1 unspecified atom stereocenters. The van der Waals surface area contributed by atoms with Gasteiger partial charge in [-0.15, -0.1) is 0 Å². The first-order valence-corrected chi connectivity index (χ1v) is 13.1. The SMILES string of the molecule is CCc1ccc2c(COC(=O)c3ccc(OC)c(S(=O)(=O)N4CCCCC4C)c3)cc(=O)oc2c1. The van der Waals surface area contributed by atoms with Gasteiger partial charge in [0.05, 0.1) is 12.7 Å². The number of carbonyl (C=O) groups excluding carboxylic acids is 1. The van der Waals surface area contributed by atoms with Crippen LogP contribution in [0.15, 0.2) is 56.6 Å². The summed E-state index contributed by atoms with van der Waals surface area (Å²) >= 11 is 0. The lowest BCUT2D eigenvalue weighted by Crippen LogP contribution is -2.42. The first-order chi connectivity index (χ1) is 16.7. The topological polar surface area (TPSA) is 103 Å². The van der Waals surface area contributed by atoms with E-state index in [9.17, 15) is 18.0 Å². The van der Waals surface area contributed by atoms with E-state index in [1.54, 1.807) is 6.07 Å². The molecule has 1 atom stereocenters. The predicted molar refractivity (Wildman–Crippen MR) is 131 cm³/mol. The van der Waals surface area contributed by atoms with E-state index in [0.717, 1.165) is 31.2 Å². The van der Waals surface area contributed by atoms with Gasteiger partial charge in [0.15, 0.2) is 0 Å². The lowest BCUT2D eigenvalue weighted by molar-refractivity contribution is 0.0473. The molecule has 0 saturated carbocycles. The van der Waals surface area contributed by atoms with Gasteiger partial charge in [-0.25, -0.2) is 18.0 Å². The highest BCUT2D eigenvalue weighted by molar-refractivity contribution is 7.89. The van der Waals surface area contributed by atoms with Crippen molar-refractivity contribution >= 4 is 27.0 Å². The quantitative estimate of drug-likeness (QED) is 0.353. The Morgan fingerprint density at radius 3 is 2.66 bits per heavy atom. The van der Waals surface area contributed by atoms with Gasteiger partial charge in [0.25, 0.3) is 0 Å². The summed E-state index contributed by atoms with van der Waals surface area (Å²) in [5, 5.41) is 0.673. The lowest BCUT2D eigenvalue weighted by atomic mass is 10.1. The zero-order valence-electron chi connectivity index (χ0n) is 20.1. The third-order valence-electron chi connectivity index (χ3n) is 6.39. The Morgan fingerprint density at radius 1 is 1.14 bits per heavy atom. The molecule has 3 aromatic rings. The molecule has 0 N–H and O–H groups in total. The molecule has 0 amide bonds. The van der Waals surface area contributed by atoms with E-state index in [1.165, 1.54) is 35.7 Å². The summed E-state index contributed by atoms with van der Waals surface area (Å²) in [7, 11) is -2.48. The van der Waals surface area contributed by atoms with Crippen molar-refractivity contribution in [3.63, 3.8) is 0 Å². The van der Waals surface area contributed by atoms with Crippen LogP contribution in [-0.2, 0) is 27.8 Å². The van der Waals surface area contributed by atoms with Gasteiger partial charge < -0.3 is 13.9 Å². The molecule has 8 nitrogen and oxygen atoms in total. The summed E-state index contributed by atoms with van der Waals surface area (Å²) < 4.78 is 44.4. The molecule has 0 spiro atoms. The monoisotopic (exact) mass is 499 g/mol. The smallest absolute Gasteiger partial charge is 0.338 e. The summed E-state index contributed by atoms with van der Waals surface area (Å²) in [6, 6.07) is 10.9. The number of piperidine rings is 1. The van der Waals surface area contributed by atoms with Gasteiger partial charge in [-0.05, 0) is 56.0 Å². The van der Waals surface area contributed by atoms with Crippen molar-refractivity contribution in [2.24, 2.45) is 0 Å². The molecule has 1 aliphatic heterocycles. The highest BCUT2D eigenvalue weighted by atomic mass is 32.2. The molecule has 9 heteroatoms. The molecule has 1 aromatic heterocycles. The molecule has 2 aromatic carbocycles. The maximum absolute atomic E-state index is 13.4. The molecule has 1 saturated heterocycles. The summed E-state index contributed by atoms with van der Waals surface area (Å²) in [6.07, 6.45) is 3.33. The van der Waals surface area contributed by atoms with Crippen LogP contribution in [0.4, 0.5) is 0 Å². The number of rotatable bonds is 7. The van der Waals surface area contributed by atoms with Gasteiger partial charge in [-0.3, -0.25) is 0 Å². The van der Waals surface area contributed by atoms with Crippen molar-refractivity contribution in [3.05, 3.63) is 69.6 Å². The van der Waals surface area contributed by atoms with Crippen molar-refractivity contribution in [3.8, 4) is 5.75 Å². The number of hydrogen-bond acceptors (Lipinski definition) is 7. The first-order valence-electron chi connectivity index (χ1n) is 11.7. The third kappa shape index (κ3) is 5.11. The standard InChI is InChI=1S/C26H29NO7S/c1-4-18-8-10-21-20(15-25(28)34-23(21)13-18)16-33-26(29)19-9-11-22(32-3)24(14-19)35(30,31)27-12-6-5-7-17(27)2/h8-11,13-15,17H,4-7,12,16H2,1-3H3. The van der Waals surface area contributed by atoms with E-state index in [-0.39, 0.29) is 28.9 Å². The number of aryl methyl sites for hydroxylation is 1. The van der Waals surface area contributed by atoms with Gasteiger partial charge >= 0.3 is 11.6 Å². The summed E-state index contributed by atoms with van der Waals surface area (Å²) in [4.78, 5) is 24.8. The van der Waals surface area contributed by atoms with Gasteiger partial charge in [-0.1, -0.05) is 25.5 Å². The highest BCUT2D eigenvalue weighted by Crippen LogP contribution is 2.32. The van der Waals surface area contributed by atoms with Gasteiger partial charge in [0.2, 0.25) is 10.0 Å². The zero-order chi connectivity index (χ0) is 25.2. The average Bonchev–Trinajstić information content (AvgIpc) is 2.86. The molecule has 0 radical (unpaired) electrons. The van der Waals surface area contributed by atoms with E-state index >= 15 is 0 Å². The Kier molecular flexibility index (Phi) is 7.28. The minimum Gasteiger partial charge on any atom is -0.495 e. The third-order valence-corrected chi connectivity index (χ3v) is 8.42. The van der Waals surface area contributed by atoms with Crippen LogP contribution >= 0.6 is 0 Å². The van der Waals surface area contributed by atoms with Crippen LogP contribution in [0.3, 0.4) is 0 Å². The Balaban J connectivity index is 1.61. The summed E-state index contributed by atoms with van der Waals surface area (Å²) in [5.41, 5.74) is 1.50. The van der Waals surface area contributed by atoms with Gasteiger partial charge in [-0.2, -0.15) is 4.31 Å². The van der Waals surface area contributed by atoms with Gasteiger partial charge in [0.1, 0.15) is 22.8 Å². The lowest BCUT2D eigenvalue weighted by Gasteiger charge is -2.32. The molecular weight excluding hydrogens is 470 g/mol. The molecule has 0 bridgehead atoms. The van der Waals surface area contributed by atoms with E-state index < -0.39 is 21.6 Å². The fourth-order valence-corrected chi connectivity index (χ4v) is 6.28. The van der Waals surface area contributed by atoms with Crippen molar-refractivity contribution in [2.75, 3.05) is 13.7 Å². The fraction of sp³-hybridized carbons (Fsp3) is 0.385. The van der Waals surface area contributed by atoms with Crippen LogP contribution in [0.25, 0.3) is 11.0 Å². The molecule has 2 heterocycles. The van der Waals surface area contributed by atoms with Crippen molar-refractivity contribution < 1.29 is 27.1 Å². The van der Waals surface area contributed by atoms with Crippen LogP contribution in [0.1, 0.15) is 54.6 Å². The second-order valence-corrected chi connectivity index (χ2v) is 10.5. The number of ether oxygens (including phenoxy) is 2. The normalized spacial score (nSPS) is 16.8. The Hall–Kier alpha value is -3.17. The van der Waals surface area contributed by atoms with Crippen LogP contribution in [-0.4, -0.2) is 38.4 Å². The molecule has 1 fully saturated rings. The molecular formula is C26H29NO7S. The van der Waals surface area contributed by atoms with Gasteiger partial charge in [0, 0.05) is 29.6 Å². The van der Waals surface area contributed by atoms with E-state index in [2.05, 4.69) is 0 Å². The zero-order valence-corrected chi connectivity index (χ0v) is 20.9. The van der Waals surface area contributed by atoms with E-state index in [4.69, 9.17) is 13.9 Å². The second-order valence-electron chi connectivity index (χ2n) is 8.68. The largest absolute Gasteiger partial charge is 0.495 e. The molecule has 186 valence electrons. The number of carbonyl (C=O) groups is 1. The maximum Gasteiger partial charge on any atom is 0.338 e. The number of sulfonamides is 1. The van der Waals surface area contributed by atoms with E-state index in [1.807, 2.05) is 26.0 Å². The molecule has 0 aliphatic carbocycles. The first kappa shape index (κ1) is 24.9. The van der Waals surface area contributed by atoms with E-state index in [0.29, 0.717) is 23.1 Å². The van der Waals surface area contributed by atoms with Crippen molar-refractivity contribution in [2.45, 2.75) is 57.1 Å². The van der Waals surface area contributed by atoms with Crippen LogP contribution in [0.2, 0.25) is 0 Å². The number of fused-ring (bicyclic) bond motifs is 1. The number of benzene rings is 2. The fourth-order valence-electron chi connectivity index (χ4n) is 4.40. The van der Waals surface area contributed by atoms with Crippen molar-refractivity contribution in [1.29, 1.82) is 0 Å². The minimum atomic E-state index is -3.87. The van der Waals surface area contributed by atoms with Crippen LogP contribution < -0.4 is 10.4 Å². The Bertz CT molecular complexity index is 1410. The predicted octanol–water partition coefficient (Wildman–Crippen LogP) is 4.28. The summed E-state index contributed by atoms with van der Waals surface area (Å²) in [6.45, 7) is 4.14. The minimum absolute atomic E-state index is 0.0684. The second kappa shape index (κ2) is 10.2. The van der Waals surface area contributed by atoms with Crippen LogP contribution in [0, 0.1) is 0 Å². The van der Waals surface area contributed by atoms with Crippen LogP contribution in [0.5, 0.6) is 5.75 Å². The Labute approximate surface area is 204 Å². The highest BCUT2D eigenvalue weighted by Gasteiger charge is 2.33. The maximum atomic E-state index is 13.4.